The predicted molar refractivity (Wildman–Crippen MR) is 241 cm³/mol. The number of carbonyl (C=O) groups is 2. The Morgan fingerprint density at radius 2 is 1.17 bits per heavy atom. The summed E-state index contributed by atoms with van der Waals surface area (Å²) in [6.45, 7) is 21.2. The number of fused-ring (bicyclic) bond motifs is 3. The van der Waals surface area contributed by atoms with Crippen LogP contribution in [0.2, 0.25) is 0 Å². The average molecular weight is 794 g/mol. The van der Waals surface area contributed by atoms with Crippen molar-refractivity contribution in [3.63, 3.8) is 0 Å². The highest BCUT2D eigenvalue weighted by Gasteiger charge is 2.46. The Hall–Kier alpha value is -1.76. The number of rotatable bonds is 25. The molecule has 3 heterocycles. The van der Waals surface area contributed by atoms with E-state index in [1.807, 2.05) is 34.6 Å². The summed E-state index contributed by atoms with van der Waals surface area (Å²) < 4.78 is 0. The second-order valence-electron chi connectivity index (χ2n) is 18.1. The van der Waals surface area contributed by atoms with Crippen LogP contribution in [-0.2, 0) is 16.2 Å². The molecular formula is C48H75NO2S3. The first-order valence-corrected chi connectivity index (χ1v) is 24.4. The summed E-state index contributed by atoms with van der Waals surface area (Å²) in [4.78, 5) is 37.0. The Bertz CT molecular complexity index is 1610. The molecule has 0 spiro atoms. The van der Waals surface area contributed by atoms with Crippen molar-refractivity contribution in [2.45, 2.75) is 207 Å². The quantitative estimate of drug-likeness (QED) is 0.0633. The van der Waals surface area contributed by atoms with Gasteiger partial charge >= 0.3 is 0 Å². The molecule has 1 aliphatic carbocycles. The molecule has 302 valence electrons. The molecule has 4 rings (SSSR count). The minimum Gasteiger partial charge on any atom is -0.342 e. The lowest BCUT2D eigenvalue weighted by Crippen LogP contribution is -2.29. The summed E-state index contributed by atoms with van der Waals surface area (Å²) in [7, 11) is 1.93. The third-order valence-electron chi connectivity index (χ3n) is 12.3. The molecule has 0 radical (unpaired) electrons. The first-order chi connectivity index (χ1) is 25.8. The van der Waals surface area contributed by atoms with Crippen LogP contribution < -0.4 is 0 Å². The van der Waals surface area contributed by atoms with Crippen LogP contribution in [0.1, 0.15) is 232 Å². The van der Waals surface area contributed by atoms with E-state index in [0.29, 0.717) is 11.1 Å². The number of hydrogen-bond donors (Lipinski definition) is 0. The van der Waals surface area contributed by atoms with Crippen molar-refractivity contribution in [2.24, 2.45) is 0 Å². The van der Waals surface area contributed by atoms with E-state index in [4.69, 9.17) is 0 Å². The average Bonchev–Trinajstić information content (AvgIpc) is 3.92. The summed E-state index contributed by atoms with van der Waals surface area (Å²) in [6, 6.07) is 5.13. The van der Waals surface area contributed by atoms with E-state index < -0.39 is 0 Å². The minimum absolute atomic E-state index is 0.00267. The lowest BCUT2D eigenvalue weighted by molar-refractivity contribution is 0.0790. The van der Waals surface area contributed by atoms with Crippen LogP contribution in [0.25, 0.3) is 19.5 Å². The Labute approximate surface area is 343 Å². The van der Waals surface area contributed by atoms with Gasteiger partial charge < -0.3 is 4.90 Å². The SMILES string of the molecule is CCCCCCCCC1(CCCCCCCC)c2cc(-c3sc(C(C)(C)C)c(C=O)c3C(=O)N(C)CCCCCCC)sc2-c2sc(C(C)(C)CC)cc21. The van der Waals surface area contributed by atoms with Crippen LogP contribution in [0.3, 0.4) is 0 Å². The maximum atomic E-state index is 14.5. The summed E-state index contributed by atoms with van der Waals surface area (Å²) in [5.74, 6) is -0.00267. The van der Waals surface area contributed by atoms with E-state index >= 15 is 0 Å². The van der Waals surface area contributed by atoms with Crippen molar-refractivity contribution in [1.82, 2.24) is 4.90 Å². The number of thiophene rings is 3. The Morgan fingerprint density at radius 1 is 0.667 bits per heavy atom. The van der Waals surface area contributed by atoms with E-state index in [0.717, 1.165) is 41.8 Å². The molecule has 0 unspecified atom stereocenters. The summed E-state index contributed by atoms with van der Waals surface area (Å²) in [6.07, 6.45) is 25.9. The lowest BCUT2D eigenvalue weighted by atomic mass is 9.71. The lowest BCUT2D eigenvalue weighted by Gasteiger charge is -2.32. The number of aldehydes is 1. The molecule has 0 bridgehead atoms. The molecule has 0 atom stereocenters. The number of amides is 1. The Morgan fingerprint density at radius 3 is 1.69 bits per heavy atom. The molecule has 1 aliphatic rings. The van der Waals surface area contributed by atoms with E-state index in [2.05, 4.69) is 74.4 Å². The third-order valence-corrected chi connectivity index (χ3v) is 16.9. The number of hydrogen-bond acceptors (Lipinski definition) is 5. The molecule has 3 aromatic heterocycles. The van der Waals surface area contributed by atoms with Gasteiger partial charge in [-0.25, -0.2) is 0 Å². The zero-order valence-electron chi connectivity index (χ0n) is 36.1. The van der Waals surface area contributed by atoms with Gasteiger partial charge in [0.2, 0.25) is 0 Å². The number of nitrogens with zero attached hydrogens (tertiary/aromatic N) is 1. The second kappa shape index (κ2) is 20.6. The molecule has 3 aromatic rings. The van der Waals surface area contributed by atoms with Crippen molar-refractivity contribution in [1.29, 1.82) is 0 Å². The molecule has 0 N–H and O–H groups in total. The number of unbranched alkanes of at least 4 members (excludes halogenated alkanes) is 14. The van der Waals surface area contributed by atoms with Gasteiger partial charge in [0, 0.05) is 49.0 Å². The summed E-state index contributed by atoms with van der Waals surface area (Å²) in [5, 5.41) is 0. The molecule has 1 amide bonds. The third kappa shape index (κ3) is 10.4. The van der Waals surface area contributed by atoms with Gasteiger partial charge in [-0.05, 0) is 59.8 Å². The van der Waals surface area contributed by atoms with E-state index in [1.165, 1.54) is 134 Å². The largest absolute Gasteiger partial charge is 0.342 e. The van der Waals surface area contributed by atoms with Crippen molar-refractivity contribution in [3.05, 3.63) is 44.1 Å². The molecule has 0 saturated carbocycles. The molecule has 54 heavy (non-hydrogen) atoms. The number of carbonyl (C=O) groups excluding carboxylic acids is 2. The zero-order valence-corrected chi connectivity index (χ0v) is 38.5. The van der Waals surface area contributed by atoms with Gasteiger partial charge in [-0.1, -0.05) is 165 Å². The zero-order chi connectivity index (χ0) is 39.5. The van der Waals surface area contributed by atoms with Crippen LogP contribution in [0.4, 0.5) is 0 Å². The topological polar surface area (TPSA) is 37.4 Å². The van der Waals surface area contributed by atoms with Crippen LogP contribution >= 0.6 is 34.0 Å². The van der Waals surface area contributed by atoms with Crippen LogP contribution in [0.15, 0.2) is 12.1 Å². The normalized spacial score (nSPS) is 13.7. The van der Waals surface area contributed by atoms with Gasteiger partial charge in [-0.3, -0.25) is 9.59 Å². The highest BCUT2D eigenvalue weighted by Crippen LogP contribution is 2.62. The predicted octanol–water partition coefficient (Wildman–Crippen LogP) is 16.1. The van der Waals surface area contributed by atoms with Crippen molar-refractivity contribution in [3.8, 4) is 19.5 Å². The highest BCUT2D eigenvalue weighted by molar-refractivity contribution is 7.27. The molecule has 3 nitrogen and oxygen atoms in total. The fourth-order valence-electron chi connectivity index (χ4n) is 8.42. The van der Waals surface area contributed by atoms with Gasteiger partial charge in [-0.15, -0.1) is 34.0 Å². The fraction of sp³-hybridized carbons (Fsp3) is 0.708. The molecule has 0 aliphatic heterocycles. The van der Waals surface area contributed by atoms with E-state index in [-0.39, 0.29) is 22.2 Å². The monoisotopic (exact) mass is 793 g/mol. The van der Waals surface area contributed by atoms with Crippen molar-refractivity contribution in [2.75, 3.05) is 13.6 Å². The molecular weight excluding hydrogens is 719 g/mol. The molecule has 0 saturated heterocycles. The van der Waals surface area contributed by atoms with Crippen LogP contribution in [-0.4, -0.2) is 30.7 Å². The summed E-state index contributed by atoms with van der Waals surface area (Å²) in [5.41, 5.74) is 4.23. The smallest absolute Gasteiger partial charge is 0.255 e. The van der Waals surface area contributed by atoms with E-state index in [1.54, 1.807) is 16.9 Å². The first-order valence-electron chi connectivity index (χ1n) is 22.0. The van der Waals surface area contributed by atoms with Gasteiger partial charge in [0.25, 0.3) is 5.91 Å². The van der Waals surface area contributed by atoms with Gasteiger partial charge in [0.1, 0.15) is 0 Å². The Balaban J connectivity index is 1.85. The minimum atomic E-state index is -0.242. The standard InChI is InChI=1S/C48H75NO2S3/c1-11-15-18-21-23-26-29-48(30-27-24-22-19-16-12-2)36-32-38(52-41(36)42-37(48)33-39(53-42)47(8,9)14-4)43-40(35(34-50)44(54-43)46(5,6)7)45(51)49(10)31-28-25-20-17-13-3/h32-34H,11-31H2,1-10H3. The maximum Gasteiger partial charge on any atom is 0.255 e. The van der Waals surface area contributed by atoms with E-state index in [9.17, 15) is 9.59 Å². The van der Waals surface area contributed by atoms with Gasteiger partial charge in [0.05, 0.1) is 10.4 Å². The van der Waals surface area contributed by atoms with Crippen LogP contribution in [0, 0.1) is 0 Å². The molecule has 0 aromatic carbocycles. The Kier molecular flexibility index (Phi) is 17.1. The summed E-state index contributed by atoms with van der Waals surface area (Å²) >= 11 is 5.63. The van der Waals surface area contributed by atoms with Crippen LogP contribution in [0.5, 0.6) is 0 Å². The van der Waals surface area contributed by atoms with Crippen molar-refractivity contribution < 1.29 is 9.59 Å². The highest BCUT2D eigenvalue weighted by atomic mass is 32.1. The fourth-order valence-corrected chi connectivity index (χ4v) is 12.7. The van der Waals surface area contributed by atoms with Gasteiger partial charge in [-0.2, -0.15) is 0 Å². The first kappa shape index (κ1) is 44.9. The molecule has 0 fully saturated rings. The maximum absolute atomic E-state index is 14.5. The second-order valence-corrected chi connectivity index (χ2v) is 21.2. The van der Waals surface area contributed by atoms with Crippen molar-refractivity contribution >= 4 is 46.2 Å². The molecule has 6 heteroatoms. The van der Waals surface area contributed by atoms with Gasteiger partial charge in [0.15, 0.2) is 6.29 Å².